The summed E-state index contributed by atoms with van der Waals surface area (Å²) >= 11 is 1.42. The molecule has 0 aliphatic heterocycles. The van der Waals surface area contributed by atoms with Crippen molar-refractivity contribution in [1.82, 2.24) is 15.4 Å². The molecule has 2 heterocycles. The zero-order chi connectivity index (χ0) is 17.1. The maximum Gasteiger partial charge on any atom is 0.232 e. The quantitative estimate of drug-likeness (QED) is 0.735. The molecule has 3 rings (SSSR count). The molecular formula is C17H20N4O2S. The Kier molecular flexibility index (Phi) is 4.89. The van der Waals surface area contributed by atoms with Crippen LogP contribution in [-0.4, -0.2) is 21.3 Å². The molecule has 0 saturated carbocycles. The molecule has 1 N–H and O–H groups in total. The second-order valence-electron chi connectivity index (χ2n) is 5.89. The molecule has 0 spiro atoms. The number of hydrogen-bond acceptors (Lipinski definition) is 6. The Balaban J connectivity index is 1.69. The molecule has 126 valence electrons. The topological polar surface area (TPSA) is 80.9 Å². The average Bonchev–Trinajstić information content (AvgIpc) is 3.14. The SMILES string of the molecule is CCCCc1nnc(NC(=O)Cc2noc3cc(C)c(C)cc23)s1. The van der Waals surface area contributed by atoms with Crippen LogP contribution in [0.15, 0.2) is 16.7 Å². The number of amides is 1. The lowest BCUT2D eigenvalue weighted by Crippen LogP contribution is -2.14. The third kappa shape index (κ3) is 3.62. The molecule has 0 atom stereocenters. The minimum atomic E-state index is -0.165. The smallest absolute Gasteiger partial charge is 0.232 e. The van der Waals surface area contributed by atoms with Gasteiger partial charge in [0.2, 0.25) is 11.0 Å². The molecule has 3 aromatic rings. The minimum Gasteiger partial charge on any atom is -0.356 e. The van der Waals surface area contributed by atoms with Crippen molar-refractivity contribution in [3.8, 4) is 0 Å². The Labute approximate surface area is 144 Å². The molecule has 7 heteroatoms. The number of fused-ring (bicyclic) bond motifs is 1. The third-order valence-electron chi connectivity index (χ3n) is 3.95. The molecule has 0 aliphatic carbocycles. The van der Waals surface area contributed by atoms with E-state index >= 15 is 0 Å². The first-order valence-electron chi connectivity index (χ1n) is 8.04. The molecule has 0 bridgehead atoms. The van der Waals surface area contributed by atoms with Crippen LogP contribution in [0.1, 0.15) is 41.6 Å². The van der Waals surface area contributed by atoms with Crippen molar-refractivity contribution >= 4 is 33.3 Å². The molecule has 0 saturated heterocycles. The van der Waals surface area contributed by atoms with Crippen LogP contribution >= 0.6 is 11.3 Å². The summed E-state index contributed by atoms with van der Waals surface area (Å²) in [6.45, 7) is 6.19. The van der Waals surface area contributed by atoms with Gasteiger partial charge < -0.3 is 9.84 Å². The molecular weight excluding hydrogens is 324 g/mol. The maximum atomic E-state index is 12.2. The van der Waals surface area contributed by atoms with Gasteiger partial charge in [0.05, 0.1) is 6.42 Å². The number of carbonyl (C=O) groups excluding carboxylic acids is 1. The van der Waals surface area contributed by atoms with Gasteiger partial charge >= 0.3 is 0 Å². The van der Waals surface area contributed by atoms with Crippen LogP contribution in [0.2, 0.25) is 0 Å². The summed E-state index contributed by atoms with van der Waals surface area (Å²) in [4.78, 5) is 12.2. The van der Waals surface area contributed by atoms with E-state index in [1.54, 1.807) is 0 Å². The van der Waals surface area contributed by atoms with Gasteiger partial charge in [0.1, 0.15) is 10.7 Å². The fraction of sp³-hybridized carbons (Fsp3) is 0.412. The van der Waals surface area contributed by atoms with E-state index in [0.29, 0.717) is 16.4 Å². The molecule has 0 unspecified atom stereocenters. The highest BCUT2D eigenvalue weighted by molar-refractivity contribution is 7.15. The predicted octanol–water partition coefficient (Wildman–Crippen LogP) is 3.82. The van der Waals surface area contributed by atoms with Crippen molar-refractivity contribution in [2.24, 2.45) is 0 Å². The summed E-state index contributed by atoms with van der Waals surface area (Å²) in [5.74, 6) is -0.165. The van der Waals surface area contributed by atoms with Crippen molar-refractivity contribution in [3.05, 3.63) is 34.0 Å². The van der Waals surface area contributed by atoms with E-state index < -0.39 is 0 Å². The first-order valence-corrected chi connectivity index (χ1v) is 8.86. The van der Waals surface area contributed by atoms with Gasteiger partial charge in [-0.1, -0.05) is 29.8 Å². The van der Waals surface area contributed by atoms with Crippen LogP contribution in [0.25, 0.3) is 11.0 Å². The minimum absolute atomic E-state index is 0.152. The highest BCUT2D eigenvalue weighted by Crippen LogP contribution is 2.23. The van der Waals surface area contributed by atoms with Gasteiger partial charge in [0.25, 0.3) is 0 Å². The van der Waals surface area contributed by atoms with E-state index in [1.165, 1.54) is 11.3 Å². The van der Waals surface area contributed by atoms with Crippen LogP contribution in [0.3, 0.4) is 0 Å². The second-order valence-corrected chi connectivity index (χ2v) is 6.95. The summed E-state index contributed by atoms with van der Waals surface area (Å²) < 4.78 is 5.33. The van der Waals surface area contributed by atoms with E-state index in [2.05, 4.69) is 27.6 Å². The number of nitrogens with zero attached hydrogens (tertiary/aromatic N) is 3. The van der Waals surface area contributed by atoms with Gasteiger partial charge in [-0.05, 0) is 43.5 Å². The monoisotopic (exact) mass is 344 g/mol. The molecule has 0 fully saturated rings. The fourth-order valence-electron chi connectivity index (χ4n) is 2.42. The Morgan fingerprint density at radius 1 is 1.25 bits per heavy atom. The van der Waals surface area contributed by atoms with Crippen molar-refractivity contribution < 1.29 is 9.32 Å². The molecule has 1 amide bonds. The third-order valence-corrected chi connectivity index (χ3v) is 4.84. The number of carbonyl (C=O) groups is 1. The van der Waals surface area contributed by atoms with E-state index in [-0.39, 0.29) is 12.3 Å². The number of rotatable bonds is 6. The number of anilines is 1. The lowest BCUT2D eigenvalue weighted by Gasteiger charge is -2.00. The Morgan fingerprint density at radius 2 is 2.04 bits per heavy atom. The highest BCUT2D eigenvalue weighted by atomic mass is 32.1. The molecule has 1 aromatic carbocycles. The van der Waals surface area contributed by atoms with Crippen LogP contribution in [0.5, 0.6) is 0 Å². The first kappa shape index (κ1) is 16.6. The molecule has 0 aliphatic rings. The largest absolute Gasteiger partial charge is 0.356 e. The Hall–Kier alpha value is -2.28. The van der Waals surface area contributed by atoms with E-state index in [0.717, 1.165) is 40.8 Å². The van der Waals surface area contributed by atoms with Crippen LogP contribution in [0, 0.1) is 13.8 Å². The molecule has 6 nitrogen and oxygen atoms in total. The summed E-state index contributed by atoms with van der Waals surface area (Å²) in [5, 5.41) is 17.3. The van der Waals surface area contributed by atoms with Crippen molar-refractivity contribution in [2.45, 2.75) is 46.5 Å². The van der Waals surface area contributed by atoms with Crippen LogP contribution in [0.4, 0.5) is 5.13 Å². The Morgan fingerprint density at radius 3 is 2.83 bits per heavy atom. The lowest BCUT2D eigenvalue weighted by molar-refractivity contribution is -0.115. The van der Waals surface area contributed by atoms with E-state index in [1.807, 2.05) is 26.0 Å². The van der Waals surface area contributed by atoms with Crippen molar-refractivity contribution in [3.63, 3.8) is 0 Å². The highest BCUT2D eigenvalue weighted by Gasteiger charge is 2.15. The number of benzene rings is 1. The zero-order valence-corrected chi connectivity index (χ0v) is 14.9. The number of unbranched alkanes of at least 4 members (excludes halogenated alkanes) is 1. The summed E-state index contributed by atoms with van der Waals surface area (Å²) in [6.07, 6.45) is 3.24. The Bertz CT molecular complexity index is 869. The molecule has 24 heavy (non-hydrogen) atoms. The number of aryl methyl sites for hydroxylation is 3. The molecule has 2 aromatic heterocycles. The van der Waals surface area contributed by atoms with Gasteiger partial charge in [-0.2, -0.15) is 0 Å². The van der Waals surface area contributed by atoms with E-state index in [9.17, 15) is 4.79 Å². The predicted molar refractivity (Wildman–Crippen MR) is 94.3 cm³/mol. The van der Waals surface area contributed by atoms with Crippen LogP contribution in [-0.2, 0) is 17.6 Å². The lowest BCUT2D eigenvalue weighted by atomic mass is 10.1. The van der Waals surface area contributed by atoms with Gasteiger partial charge in [-0.3, -0.25) is 4.79 Å². The summed E-state index contributed by atoms with van der Waals surface area (Å²) in [7, 11) is 0. The van der Waals surface area contributed by atoms with Crippen molar-refractivity contribution in [2.75, 3.05) is 5.32 Å². The summed E-state index contributed by atoms with van der Waals surface area (Å²) in [6, 6.07) is 3.96. The first-order chi connectivity index (χ1) is 11.6. The van der Waals surface area contributed by atoms with Gasteiger partial charge in [0.15, 0.2) is 5.58 Å². The van der Waals surface area contributed by atoms with Crippen LogP contribution < -0.4 is 5.32 Å². The number of hydrogen-bond donors (Lipinski definition) is 1. The maximum absolute atomic E-state index is 12.2. The van der Waals surface area contributed by atoms with Gasteiger partial charge in [-0.25, -0.2) is 0 Å². The van der Waals surface area contributed by atoms with Gasteiger partial charge in [-0.15, -0.1) is 10.2 Å². The normalized spacial score (nSPS) is 11.1. The second kappa shape index (κ2) is 7.09. The summed E-state index contributed by atoms with van der Waals surface area (Å²) in [5.41, 5.74) is 3.64. The molecule has 0 radical (unpaired) electrons. The number of aromatic nitrogens is 3. The van der Waals surface area contributed by atoms with E-state index in [4.69, 9.17) is 4.52 Å². The zero-order valence-electron chi connectivity index (χ0n) is 14.0. The fourth-order valence-corrected chi connectivity index (χ4v) is 3.22. The van der Waals surface area contributed by atoms with Gasteiger partial charge in [0, 0.05) is 11.8 Å². The number of nitrogens with one attached hydrogen (secondary N) is 1. The standard InChI is InChI=1S/C17H20N4O2S/c1-4-5-6-16-19-20-17(24-16)18-15(22)9-13-12-7-10(2)11(3)8-14(12)23-21-13/h7-8H,4-6,9H2,1-3H3,(H,18,20,22). The van der Waals surface area contributed by atoms with Crippen molar-refractivity contribution in [1.29, 1.82) is 0 Å². The average molecular weight is 344 g/mol.